The Balaban J connectivity index is 1.62. The third-order valence-electron chi connectivity index (χ3n) is 4.34. The molecule has 0 saturated carbocycles. The topological polar surface area (TPSA) is 48.6 Å². The number of hydrogen-bond donors (Lipinski definition) is 1. The van der Waals surface area contributed by atoms with Gasteiger partial charge in [0.2, 0.25) is 0 Å². The second-order valence-corrected chi connectivity index (χ2v) is 5.91. The van der Waals surface area contributed by atoms with Crippen molar-refractivity contribution in [3.63, 3.8) is 0 Å². The molecule has 1 aliphatic heterocycles. The van der Waals surface area contributed by atoms with Crippen LogP contribution < -0.4 is 0 Å². The van der Waals surface area contributed by atoms with E-state index < -0.39 is 0 Å². The molecular formula is C17H23N3O2. The fourth-order valence-electron chi connectivity index (χ4n) is 2.93. The highest BCUT2D eigenvalue weighted by Crippen LogP contribution is 2.17. The number of piperazine rings is 1. The summed E-state index contributed by atoms with van der Waals surface area (Å²) in [6, 6.07) is 9.92. The molecule has 2 aromatic rings. The van der Waals surface area contributed by atoms with Crippen LogP contribution in [0.25, 0.3) is 10.9 Å². The molecule has 1 aromatic carbocycles. The van der Waals surface area contributed by atoms with Gasteiger partial charge in [-0.15, -0.1) is 0 Å². The summed E-state index contributed by atoms with van der Waals surface area (Å²) in [4.78, 5) is 20.1. The third-order valence-corrected chi connectivity index (χ3v) is 4.34. The Morgan fingerprint density at radius 3 is 2.68 bits per heavy atom. The molecule has 1 atom stereocenters. The molecule has 0 radical (unpaired) electrons. The number of rotatable bonds is 4. The summed E-state index contributed by atoms with van der Waals surface area (Å²) in [6.45, 7) is 6.33. The molecule has 1 amide bonds. The number of hydrogen-bond acceptors (Lipinski definition) is 3. The van der Waals surface area contributed by atoms with Crippen molar-refractivity contribution in [2.75, 3.05) is 39.8 Å². The number of methoxy groups -OCH3 is 1. The average Bonchev–Trinajstić information content (AvgIpc) is 2.98. The number of aromatic amines is 1. The Bertz CT molecular complexity index is 611. The van der Waals surface area contributed by atoms with Crippen LogP contribution in [-0.4, -0.2) is 66.6 Å². The number of carbonyl (C=O) groups excluding carboxylic acids is 1. The van der Waals surface area contributed by atoms with Gasteiger partial charge in [0.15, 0.2) is 0 Å². The Kier molecular flexibility index (Phi) is 4.45. The van der Waals surface area contributed by atoms with Crippen LogP contribution in [0.3, 0.4) is 0 Å². The van der Waals surface area contributed by atoms with E-state index in [0.29, 0.717) is 5.69 Å². The molecule has 5 heteroatoms. The first-order valence-corrected chi connectivity index (χ1v) is 7.79. The highest BCUT2D eigenvalue weighted by molar-refractivity contribution is 5.98. The van der Waals surface area contributed by atoms with Crippen molar-refractivity contribution >= 4 is 16.8 Å². The molecule has 3 rings (SSSR count). The summed E-state index contributed by atoms with van der Waals surface area (Å²) in [7, 11) is 1.74. The van der Waals surface area contributed by atoms with E-state index in [1.807, 2.05) is 35.2 Å². The average molecular weight is 301 g/mol. The maximum atomic E-state index is 12.6. The second-order valence-electron chi connectivity index (χ2n) is 5.91. The zero-order valence-electron chi connectivity index (χ0n) is 13.2. The standard InChI is InChI=1S/C17H23N3O2/c1-13(22-2)12-19-7-9-20(10-8-19)17(21)16-11-14-5-3-4-6-15(14)18-16/h3-6,11,13,18H,7-10,12H2,1-2H3. The monoisotopic (exact) mass is 301 g/mol. The van der Waals surface area contributed by atoms with Crippen molar-refractivity contribution in [3.8, 4) is 0 Å². The molecule has 22 heavy (non-hydrogen) atoms. The quantitative estimate of drug-likeness (QED) is 0.939. The largest absolute Gasteiger partial charge is 0.380 e. The number of carbonyl (C=O) groups is 1. The Morgan fingerprint density at radius 1 is 1.27 bits per heavy atom. The maximum absolute atomic E-state index is 12.6. The summed E-state index contributed by atoms with van der Waals surface area (Å²) in [5.41, 5.74) is 1.69. The van der Waals surface area contributed by atoms with Crippen LogP contribution >= 0.6 is 0 Å². The van der Waals surface area contributed by atoms with E-state index in [1.165, 1.54) is 0 Å². The van der Waals surface area contributed by atoms with Crippen molar-refractivity contribution in [1.82, 2.24) is 14.8 Å². The summed E-state index contributed by atoms with van der Waals surface area (Å²) in [5, 5.41) is 1.08. The van der Waals surface area contributed by atoms with Gasteiger partial charge in [0.1, 0.15) is 5.69 Å². The first-order valence-electron chi connectivity index (χ1n) is 7.79. The lowest BCUT2D eigenvalue weighted by Crippen LogP contribution is -2.50. The maximum Gasteiger partial charge on any atom is 0.270 e. The number of ether oxygens (including phenoxy) is 1. The number of nitrogens with one attached hydrogen (secondary N) is 1. The Hall–Kier alpha value is -1.85. The van der Waals surface area contributed by atoms with Gasteiger partial charge in [0.25, 0.3) is 5.91 Å². The van der Waals surface area contributed by atoms with Gasteiger partial charge in [-0.1, -0.05) is 18.2 Å². The van der Waals surface area contributed by atoms with Gasteiger partial charge in [-0.25, -0.2) is 0 Å². The van der Waals surface area contributed by atoms with Crippen LogP contribution in [0.5, 0.6) is 0 Å². The smallest absolute Gasteiger partial charge is 0.270 e. The molecule has 2 heterocycles. The number of para-hydroxylation sites is 1. The fraction of sp³-hybridized carbons (Fsp3) is 0.471. The van der Waals surface area contributed by atoms with Crippen LogP contribution in [0.15, 0.2) is 30.3 Å². The zero-order valence-corrected chi connectivity index (χ0v) is 13.2. The molecule has 118 valence electrons. The zero-order chi connectivity index (χ0) is 15.5. The van der Waals surface area contributed by atoms with Gasteiger partial charge in [-0.2, -0.15) is 0 Å². The van der Waals surface area contributed by atoms with E-state index in [2.05, 4.69) is 16.8 Å². The predicted molar refractivity (Wildman–Crippen MR) is 87.1 cm³/mol. The van der Waals surface area contributed by atoms with Crippen molar-refractivity contribution in [2.45, 2.75) is 13.0 Å². The van der Waals surface area contributed by atoms with Crippen LogP contribution in [0.2, 0.25) is 0 Å². The molecule has 5 nitrogen and oxygen atoms in total. The highest BCUT2D eigenvalue weighted by Gasteiger charge is 2.23. The Labute approximate surface area is 130 Å². The van der Waals surface area contributed by atoms with E-state index in [4.69, 9.17) is 4.74 Å². The van der Waals surface area contributed by atoms with E-state index in [0.717, 1.165) is 43.6 Å². The van der Waals surface area contributed by atoms with Crippen molar-refractivity contribution in [3.05, 3.63) is 36.0 Å². The number of benzene rings is 1. The number of H-pyrrole nitrogens is 1. The summed E-state index contributed by atoms with van der Waals surface area (Å²) in [6.07, 6.45) is 0.232. The van der Waals surface area contributed by atoms with Gasteiger partial charge >= 0.3 is 0 Å². The predicted octanol–water partition coefficient (Wildman–Crippen LogP) is 1.96. The van der Waals surface area contributed by atoms with E-state index in [-0.39, 0.29) is 12.0 Å². The summed E-state index contributed by atoms with van der Waals surface area (Å²) >= 11 is 0. The SMILES string of the molecule is COC(C)CN1CCN(C(=O)c2cc3ccccc3[nH]2)CC1. The molecule has 0 spiro atoms. The first kappa shape index (κ1) is 15.1. The number of aromatic nitrogens is 1. The molecule has 0 bridgehead atoms. The van der Waals surface area contributed by atoms with Crippen molar-refractivity contribution < 1.29 is 9.53 Å². The lowest BCUT2D eigenvalue weighted by atomic mass is 10.2. The molecule has 1 aliphatic rings. The van der Waals surface area contributed by atoms with Gasteiger partial charge in [-0.3, -0.25) is 9.69 Å². The minimum absolute atomic E-state index is 0.0932. The molecular weight excluding hydrogens is 278 g/mol. The number of fused-ring (bicyclic) bond motifs is 1. The van der Waals surface area contributed by atoms with Crippen molar-refractivity contribution in [1.29, 1.82) is 0 Å². The molecule has 1 saturated heterocycles. The third kappa shape index (κ3) is 3.15. The molecule has 0 aliphatic carbocycles. The molecule has 1 N–H and O–H groups in total. The summed E-state index contributed by atoms with van der Waals surface area (Å²) < 4.78 is 5.30. The van der Waals surface area contributed by atoms with E-state index >= 15 is 0 Å². The normalized spacial score (nSPS) is 17.8. The van der Waals surface area contributed by atoms with Gasteiger partial charge < -0.3 is 14.6 Å². The first-order chi connectivity index (χ1) is 10.7. The number of nitrogens with zero attached hydrogens (tertiary/aromatic N) is 2. The van der Waals surface area contributed by atoms with E-state index in [1.54, 1.807) is 7.11 Å². The molecule has 1 aromatic heterocycles. The summed E-state index contributed by atoms with van der Waals surface area (Å²) in [5.74, 6) is 0.0932. The van der Waals surface area contributed by atoms with Gasteiger partial charge in [0.05, 0.1) is 6.10 Å². The van der Waals surface area contributed by atoms with E-state index in [9.17, 15) is 4.79 Å². The minimum Gasteiger partial charge on any atom is -0.380 e. The lowest BCUT2D eigenvalue weighted by Gasteiger charge is -2.35. The highest BCUT2D eigenvalue weighted by atomic mass is 16.5. The molecule has 1 unspecified atom stereocenters. The fourth-order valence-corrected chi connectivity index (χ4v) is 2.93. The van der Waals surface area contributed by atoms with Crippen molar-refractivity contribution in [2.24, 2.45) is 0 Å². The Morgan fingerprint density at radius 2 is 2.00 bits per heavy atom. The number of amides is 1. The van der Waals surface area contributed by atoms with Crippen LogP contribution in [-0.2, 0) is 4.74 Å². The van der Waals surface area contributed by atoms with Gasteiger partial charge in [0, 0.05) is 50.7 Å². The molecule has 1 fully saturated rings. The van der Waals surface area contributed by atoms with Crippen LogP contribution in [0, 0.1) is 0 Å². The lowest BCUT2D eigenvalue weighted by molar-refractivity contribution is 0.0441. The van der Waals surface area contributed by atoms with Crippen LogP contribution in [0.1, 0.15) is 17.4 Å². The van der Waals surface area contributed by atoms with Crippen LogP contribution in [0.4, 0.5) is 0 Å². The minimum atomic E-state index is 0.0932. The second kappa shape index (κ2) is 6.50. The van der Waals surface area contributed by atoms with Gasteiger partial charge in [-0.05, 0) is 19.1 Å².